The van der Waals surface area contributed by atoms with Crippen molar-refractivity contribution in [1.82, 2.24) is 5.32 Å². The fraction of sp³-hybridized carbons (Fsp3) is 0.562. The molecule has 116 valence electrons. The number of benzene rings is 1. The second-order valence-corrected chi connectivity index (χ2v) is 5.66. The molecule has 0 bridgehead atoms. The van der Waals surface area contributed by atoms with E-state index in [4.69, 9.17) is 0 Å². The van der Waals surface area contributed by atoms with Gasteiger partial charge in [0, 0.05) is 12.8 Å². The maximum Gasteiger partial charge on any atom is 0.416 e. The number of Topliss-reactive ketones (excluding diaryl/α,β-unsaturated/α-hetero) is 1. The van der Waals surface area contributed by atoms with Crippen molar-refractivity contribution < 1.29 is 18.0 Å². The van der Waals surface area contributed by atoms with Gasteiger partial charge in [-0.3, -0.25) is 4.79 Å². The van der Waals surface area contributed by atoms with Gasteiger partial charge in [0.05, 0.1) is 5.56 Å². The molecule has 1 aliphatic heterocycles. The first kappa shape index (κ1) is 16.0. The zero-order valence-corrected chi connectivity index (χ0v) is 11.9. The highest BCUT2D eigenvalue weighted by molar-refractivity contribution is 5.80. The molecule has 2 nitrogen and oxygen atoms in total. The monoisotopic (exact) mass is 299 g/mol. The van der Waals surface area contributed by atoms with Gasteiger partial charge in [-0.15, -0.1) is 0 Å². The van der Waals surface area contributed by atoms with Crippen molar-refractivity contribution in [2.75, 3.05) is 13.1 Å². The molecule has 0 saturated carbocycles. The van der Waals surface area contributed by atoms with Gasteiger partial charge in [-0.1, -0.05) is 12.1 Å². The third kappa shape index (κ3) is 5.16. The number of alkyl halides is 3. The van der Waals surface area contributed by atoms with Crippen LogP contribution in [-0.2, 0) is 17.4 Å². The van der Waals surface area contributed by atoms with Gasteiger partial charge in [-0.25, -0.2) is 0 Å². The Labute approximate surface area is 122 Å². The van der Waals surface area contributed by atoms with Crippen molar-refractivity contribution in [2.24, 2.45) is 5.92 Å². The van der Waals surface area contributed by atoms with Gasteiger partial charge in [-0.05, 0) is 56.0 Å². The number of carbonyl (C=O) groups excluding carboxylic acids is 1. The lowest BCUT2D eigenvalue weighted by Crippen LogP contribution is -2.30. The first-order valence-corrected chi connectivity index (χ1v) is 7.33. The Bertz CT molecular complexity index is 461. The molecule has 0 aromatic heterocycles. The lowest BCUT2D eigenvalue weighted by molar-refractivity contribution is -0.137. The van der Waals surface area contributed by atoms with E-state index in [-0.39, 0.29) is 12.2 Å². The van der Waals surface area contributed by atoms with E-state index in [0.29, 0.717) is 17.9 Å². The summed E-state index contributed by atoms with van der Waals surface area (Å²) in [5.74, 6) is 0.649. The van der Waals surface area contributed by atoms with Crippen LogP contribution in [0.3, 0.4) is 0 Å². The number of rotatable bonds is 5. The number of carbonyl (C=O) groups is 1. The minimum atomic E-state index is -4.32. The van der Waals surface area contributed by atoms with Gasteiger partial charge in [-0.2, -0.15) is 13.2 Å². The van der Waals surface area contributed by atoms with Crippen molar-refractivity contribution in [3.8, 4) is 0 Å². The number of hydrogen-bond donors (Lipinski definition) is 1. The van der Waals surface area contributed by atoms with E-state index in [9.17, 15) is 18.0 Å². The average molecular weight is 299 g/mol. The Morgan fingerprint density at radius 3 is 2.52 bits per heavy atom. The van der Waals surface area contributed by atoms with Gasteiger partial charge < -0.3 is 5.32 Å². The van der Waals surface area contributed by atoms with Crippen molar-refractivity contribution in [3.05, 3.63) is 35.4 Å². The molecule has 1 aliphatic rings. The molecule has 21 heavy (non-hydrogen) atoms. The molecule has 1 saturated heterocycles. The Morgan fingerprint density at radius 2 is 1.95 bits per heavy atom. The molecule has 2 rings (SSSR count). The first-order valence-electron chi connectivity index (χ1n) is 7.33. The van der Waals surface area contributed by atoms with Gasteiger partial charge >= 0.3 is 6.18 Å². The largest absolute Gasteiger partial charge is 0.416 e. The van der Waals surface area contributed by atoms with E-state index in [2.05, 4.69) is 5.32 Å². The van der Waals surface area contributed by atoms with Crippen LogP contribution in [0.1, 0.15) is 36.8 Å². The number of hydrogen-bond acceptors (Lipinski definition) is 2. The zero-order chi connectivity index (χ0) is 15.3. The summed E-state index contributed by atoms with van der Waals surface area (Å²) >= 11 is 0. The molecule has 1 aromatic carbocycles. The lowest BCUT2D eigenvalue weighted by Gasteiger charge is -2.22. The second-order valence-electron chi connectivity index (χ2n) is 5.66. The third-order valence-electron chi connectivity index (χ3n) is 3.91. The predicted octanol–water partition coefficient (Wildman–Crippen LogP) is 3.60. The highest BCUT2D eigenvalue weighted by Crippen LogP contribution is 2.29. The average Bonchev–Trinajstić information content (AvgIpc) is 2.46. The van der Waals surface area contributed by atoms with Crippen LogP contribution in [0.4, 0.5) is 13.2 Å². The second kappa shape index (κ2) is 7.07. The molecule has 0 amide bonds. The highest BCUT2D eigenvalue weighted by Gasteiger charge is 2.29. The van der Waals surface area contributed by atoms with E-state index < -0.39 is 11.7 Å². The standard InChI is InChI=1S/C16H20F3NO/c17-16(18,19)14-6-3-12(4-7-14)10-15(21)8-5-13-2-1-9-20-11-13/h3-4,6-7,13,20H,1-2,5,8-11H2. The van der Waals surface area contributed by atoms with E-state index in [1.165, 1.54) is 12.1 Å². The molecule has 0 aliphatic carbocycles. The van der Waals surface area contributed by atoms with Gasteiger partial charge in [0.25, 0.3) is 0 Å². The summed E-state index contributed by atoms with van der Waals surface area (Å²) < 4.78 is 37.3. The van der Waals surface area contributed by atoms with Crippen LogP contribution in [0, 0.1) is 5.92 Å². The van der Waals surface area contributed by atoms with Crippen molar-refractivity contribution in [1.29, 1.82) is 0 Å². The Hall–Kier alpha value is -1.36. The van der Waals surface area contributed by atoms with Crippen LogP contribution in [0.15, 0.2) is 24.3 Å². The fourth-order valence-electron chi connectivity index (χ4n) is 2.66. The molecule has 0 spiro atoms. The lowest BCUT2D eigenvalue weighted by atomic mass is 9.92. The topological polar surface area (TPSA) is 29.1 Å². The molecule has 1 atom stereocenters. The Kier molecular flexibility index (Phi) is 5.39. The summed E-state index contributed by atoms with van der Waals surface area (Å²) in [6.45, 7) is 2.02. The van der Waals surface area contributed by atoms with Crippen LogP contribution in [0.5, 0.6) is 0 Å². The summed E-state index contributed by atoms with van der Waals surface area (Å²) in [6.07, 6.45) is -0.424. The van der Waals surface area contributed by atoms with Crippen molar-refractivity contribution >= 4 is 5.78 Å². The maximum atomic E-state index is 12.4. The van der Waals surface area contributed by atoms with E-state index >= 15 is 0 Å². The first-order chi connectivity index (χ1) is 9.95. The number of ketones is 1. The predicted molar refractivity (Wildman–Crippen MR) is 75.0 cm³/mol. The van der Waals surface area contributed by atoms with Crippen LogP contribution in [-0.4, -0.2) is 18.9 Å². The molecule has 0 radical (unpaired) electrons. The van der Waals surface area contributed by atoms with E-state index in [1.807, 2.05) is 0 Å². The number of halogens is 3. The fourth-order valence-corrected chi connectivity index (χ4v) is 2.66. The minimum absolute atomic E-state index is 0.0975. The molecule has 1 fully saturated rings. The molecule has 1 N–H and O–H groups in total. The van der Waals surface area contributed by atoms with Crippen LogP contribution < -0.4 is 5.32 Å². The summed E-state index contributed by atoms with van der Waals surface area (Å²) in [5.41, 5.74) is -0.0262. The normalized spacial score (nSPS) is 19.5. The van der Waals surface area contributed by atoms with Crippen LogP contribution >= 0.6 is 0 Å². The summed E-state index contributed by atoms with van der Waals surface area (Å²) in [4.78, 5) is 11.9. The van der Waals surface area contributed by atoms with Gasteiger partial charge in [0.1, 0.15) is 5.78 Å². The quantitative estimate of drug-likeness (QED) is 0.900. The van der Waals surface area contributed by atoms with Crippen molar-refractivity contribution in [2.45, 2.75) is 38.3 Å². The third-order valence-corrected chi connectivity index (χ3v) is 3.91. The smallest absolute Gasteiger partial charge is 0.316 e. The molecule has 5 heteroatoms. The van der Waals surface area contributed by atoms with Crippen LogP contribution in [0.2, 0.25) is 0 Å². The SMILES string of the molecule is O=C(CCC1CCCNC1)Cc1ccc(C(F)(F)F)cc1. The summed E-state index contributed by atoms with van der Waals surface area (Å²) in [7, 11) is 0. The Balaban J connectivity index is 1.79. The van der Waals surface area contributed by atoms with E-state index in [0.717, 1.165) is 44.5 Å². The molecule has 1 unspecified atom stereocenters. The van der Waals surface area contributed by atoms with Crippen molar-refractivity contribution in [3.63, 3.8) is 0 Å². The molecule has 1 heterocycles. The zero-order valence-electron chi connectivity index (χ0n) is 11.9. The number of nitrogens with one attached hydrogen (secondary N) is 1. The van der Waals surface area contributed by atoms with Crippen LogP contribution in [0.25, 0.3) is 0 Å². The number of piperidine rings is 1. The highest BCUT2D eigenvalue weighted by atomic mass is 19.4. The minimum Gasteiger partial charge on any atom is -0.316 e. The van der Waals surface area contributed by atoms with Gasteiger partial charge in [0.2, 0.25) is 0 Å². The summed E-state index contributed by atoms with van der Waals surface area (Å²) in [6, 6.07) is 4.85. The Morgan fingerprint density at radius 1 is 1.24 bits per heavy atom. The molecular formula is C16H20F3NO. The molecule has 1 aromatic rings. The van der Waals surface area contributed by atoms with Gasteiger partial charge in [0.15, 0.2) is 0 Å². The summed E-state index contributed by atoms with van der Waals surface area (Å²) in [5, 5.41) is 3.31. The molecular weight excluding hydrogens is 279 g/mol. The van der Waals surface area contributed by atoms with E-state index in [1.54, 1.807) is 0 Å². The maximum absolute atomic E-state index is 12.4.